The zero-order chi connectivity index (χ0) is 19.2. The first kappa shape index (κ1) is 17.8. The molecule has 0 spiro atoms. The van der Waals surface area contributed by atoms with Gasteiger partial charge in [-0.05, 0) is 45.7 Å². The van der Waals surface area contributed by atoms with Crippen molar-refractivity contribution in [3.05, 3.63) is 53.3 Å². The van der Waals surface area contributed by atoms with Crippen LogP contribution < -0.4 is 4.72 Å². The Kier molecular flexibility index (Phi) is 4.32. The number of nitrogens with one attached hydrogen (secondary N) is 1. The number of hydrogen-bond donors (Lipinski definition) is 1. The first-order chi connectivity index (χ1) is 12.8. The van der Waals surface area contributed by atoms with Gasteiger partial charge in [-0.15, -0.1) is 10.2 Å². The summed E-state index contributed by atoms with van der Waals surface area (Å²) in [7, 11) is -3.58. The number of aromatic nitrogens is 4. The van der Waals surface area contributed by atoms with Crippen LogP contribution in [0.2, 0.25) is 0 Å². The minimum Gasteiger partial charge on any atom is -0.216 e. The molecule has 1 fully saturated rings. The van der Waals surface area contributed by atoms with E-state index in [9.17, 15) is 8.42 Å². The highest BCUT2D eigenvalue weighted by Gasteiger charge is 2.32. The van der Waals surface area contributed by atoms with Gasteiger partial charge < -0.3 is 0 Å². The van der Waals surface area contributed by atoms with Crippen molar-refractivity contribution in [2.24, 2.45) is 0 Å². The van der Waals surface area contributed by atoms with Gasteiger partial charge >= 0.3 is 0 Å². The molecule has 0 saturated heterocycles. The van der Waals surface area contributed by atoms with Crippen molar-refractivity contribution in [3.63, 3.8) is 0 Å². The van der Waals surface area contributed by atoms with Crippen molar-refractivity contribution in [1.82, 2.24) is 24.7 Å². The van der Waals surface area contributed by atoms with Crippen LogP contribution in [-0.4, -0.2) is 34.4 Å². The molecule has 4 rings (SSSR count). The average Bonchev–Trinajstić information content (AvgIpc) is 3.37. The summed E-state index contributed by atoms with van der Waals surface area (Å²) in [4.78, 5) is 0.221. The predicted octanol–water partition coefficient (Wildman–Crippen LogP) is 2.70. The van der Waals surface area contributed by atoms with Crippen molar-refractivity contribution in [2.45, 2.75) is 44.6 Å². The van der Waals surface area contributed by atoms with Crippen molar-refractivity contribution < 1.29 is 8.42 Å². The van der Waals surface area contributed by atoms with Crippen LogP contribution >= 0.6 is 0 Å². The Bertz CT molecular complexity index is 1080. The number of nitrogens with zero attached hydrogens (tertiary/aromatic N) is 4. The maximum absolute atomic E-state index is 12.6. The van der Waals surface area contributed by atoms with E-state index in [1.165, 1.54) is 10.2 Å². The average molecular weight is 383 g/mol. The molecular weight excluding hydrogens is 362 g/mol. The molecule has 0 radical (unpaired) electrons. The highest BCUT2D eigenvalue weighted by Crippen LogP contribution is 2.26. The first-order valence-corrected chi connectivity index (χ1v) is 10.3. The summed E-state index contributed by atoms with van der Waals surface area (Å²) in [6, 6.07) is 11.7. The zero-order valence-electron chi connectivity index (χ0n) is 15.5. The van der Waals surface area contributed by atoms with E-state index in [1.54, 1.807) is 19.9 Å². The Balaban J connectivity index is 1.67. The SMILES string of the molecule is Cc1ccc(-c2ccc(-n3nc(C)c(S(=O)(=O)NC4CC4)c3C)nn2)cc1. The Labute approximate surface area is 158 Å². The number of rotatable bonds is 5. The van der Waals surface area contributed by atoms with Crippen LogP contribution in [-0.2, 0) is 10.0 Å². The van der Waals surface area contributed by atoms with E-state index in [4.69, 9.17) is 0 Å². The number of aryl methyl sites for hydroxylation is 2. The highest BCUT2D eigenvalue weighted by molar-refractivity contribution is 7.89. The van der Waals surface area contributed by atoms with Gasteiger partial charge in [0.2, 0.25) is 10.0 Å². The zero-order valence-corrected chi connectivity index (χ0v) is 16.3. The van der Waals surface area contributed by atoms with Gasteiger partial charge in [0.15, 0.2) is 5.82 Å². The predicted molar refractivity (Wildman–Crippen MR) is 102 cm³/mol. The van der Waals surface area contributed by atoms with Crippen LogP contribution in [0.5, 0.6) is 0 Å². The number of sulfonamides is 1. The van der Waals surface area contributed by atoms with E-state index >= 15 is 0 Å². The first-order valence-electron chi connectivity index (χ1n) is 8.85. The maximum atomic E-state index is 12.6. The highest BCUT2D eigenvalue weighted by atomic mass is 32.2. The van der Waals surface area contributed by atoms with E-state index in [0.29, 0.717) is 17.2 Å². The lowest BCUT2D eigenvalue weighted by Gasteiger charge is -2.07. The molecule has 0 atom stereocenters. The molecule has 2 heterocycles. The lowest BCUT2D eigenvalue weighted by molar-refractivity contribution is 0.579. The van der Waals surface area contributed by atoms with Crippen LogP contribution in [0.25, 0.3) is 17.1 Å². The molecule has 0 bridgehead atoms. The summed E-state index contributed by atoms with van der Waals surface area (Å²) >= 11 is 0. The minimum absolute atomic E-state index is 0.0470. The van der Waals surface area contributed by atoms with Gasteiger partial charge in [0.1, 0.15) is 4.90 Å². The number of benzene rings is 1. The van der Waals surface area contributed by atoms with Gasteiger partial charge in [0.25, 0.3) is 0 Å². The fourth-order valence-electron chi connectivity index (χ4n) is 3.04. The molecule has 1 aromatic carbocycles. The Morgan fingerprint density at radius 1 is 1.00 bits per heavy atom. The second kappa shape index (κ2) is 6.54. The van der Waals surface area contributed by atoms with Crippen molar-refractivity contribution in [2.75, 3.05) is 0 Å². The van der Waals surface area contributed by atoms with Crippen molar-refractivity contribution in [1.29, 1.82) is 0 Å². The van der Waals surface area contributed by atoms with Gasteiger partial charge in [-0.25, -0.2) is 17.8 Å². The molecule has 140 valence electrons. The van der Waals surface area contributed by atoms with Crippen LogP contribution in [0, 0.1) is 20.8 Å². The van der Waals surface area contributed by atoms with Crippen LogP contribution in [0.3, 0.4) is 0 Å². The lowest BCUT2D eigenvalue weighted by atomic mass is 10.1. The topological polar surface area (TPSA) is 89.8 Å². The molecule has 0 amide bonds. The van der Waals surface area contributed by atoms with Gasteiger partial charge in [-0.1, -0.05) is 29.8 Å². The Hall–Kier alpha value is -2.58. The van der Waals surface area contributed by atoms with Crippen LogP contribution in [0.1, 0.15) is 29.8 Å². The number of hydrogen-bond acceptors (Lipinski definition) is 5. The summed E-state index contributed by atoms with van der Waals surface area (Å²) in [6.45, 7) is 5.46. The lowest BCUT2D eigenvalue weighted by Crippen LogP contribution is -2.26. The van der Waals surface area contributed by atoms with Crippen LogP contribution in [0.4, 0.5) is 0 Å². The quantitative estimate of drug-likeness (QED) is 0.732. The molecule has 3 aromatic rings. The summed E-state index contributed by atoms with van der Waals surface area (Å²) in [5.74, 6) is 0.485. The molecule has 7 nitrogen and oxygen atoms in total. The second-order valence-electron chi connectivity index (χ2n) is 6.95. The molecule has 27 heavy (non-hydrogen) atoms. The largest absolute Gasteiger partial charge is 0.244 e. The van der Waals surface area contributed by atoms with Gasteiger partial charge in [0, 0.05) is 11.6 Å². The molecule has 2 aromatic heterocycles. The summed E-state index contributed by atoms with van der Waals surface area (Å²) in [5, 5.41) is 12.9. The van der Waals surface area contributed by atoms with Gasteiger partial charge in [-0.2, -0.15) is 5.10 Å². The summed E-state index contributed by atoms with van der Waals surface area (Å²) in [5.41, 5.74) is 3.89. The molecular formula is C19H21N5O2S. The van der Waals surface area contributed by atoms with E-state index < -0.39 is 10.0 Å². The van der Waals surface area contributed by atoms with E-state index in [0.717, 1.165) is 24.1 Å². The standard InChI is InChI=1S/C19H21N5O2S/c1-12-4-6-15(7-5-12)17-10-11-18(21-20-17)24-14(3)19(13(2)22-24)27(25,26)23-16-8-9-16/h4-7,10-11,16,23H,8-9H2,1-3H3. The third-order valence-corrected chi connectivity index (χ3v) is 6.38. The van der Waals surface area contributed by atoms with E-state index in [1.807, 2.05) is 37.3 Å². The monoisotopic (exact) mass is 383 g/mol. The molecule has 0 unspecified atom stereocenters. The minimum atomic E-state index is -3.58. The smallest absolute Gasteiger partial charge is 0.216 e. The molecule has 1 aliphatic carbocycles. The normalized spacial score (nSPS) is 14.5. The molecule has 1 N–H and O–H groups in total. The van der Waals surface area contributed by atoms with E-state index in [-0.39, 0.29) is 10.9 Å². The molecule has 1 aliphatic rings. The second-order valence-corrected chi connectivity index (χ2v) is 8.60. The maximum Gasteiger partial charge on any atom is 0.244 e. The van der Waals surface area contributed by atoms with Gasteiger partial charge in [-0.3, -0.25) is 0 Å². The van der Waals surface area contributed by atoms with E-state index in [2.05, 4.69) is 20.0 Å². The van der Waals surface area contributed by atoms with Crippen molar-refractivity contribution in [3.8, 4) is 17.1 Å². The fourth-order valence-corrected chi connectivity index (χ4v) is 4.73. The third-order valence-electron chi connectivity index (χ3n) is 4.61. The van der Waals surface area contributed by atoms with Crippen molar-refractivity contribution >= 4 is 10.0 Å². The Morgan fingerprint density at radius 2 is 1.70 bits per heavy atom. The molecule has 1 saturated carbocycles. The fraction of sp³-hybridized carbons (Fsp3) is 0.316. The van der Waals surface area contributed by atoms with Crippen LogP contribution in [0.15, 0.2) is 41.3 Å². The Morgan fingerprint density at radius 3 is 2.30 bits per heavy atom. The molecule has 0 aliphatic heterocycles. The molecule has 8 heteroatoms. The third kappa shape index (κ3) is 3.50. The summed E-state index contributed by atoms with van der Waals surface area (Å²) in [6.07, 6.45) is 1.77. The summed E-state index contributed by atoms with van der Waals surface area (Å²) < 4.78 is 29.5. The van der Waals surface area contributed by atoms with Gasteiger partial charge in [0.05, 0.1) is 17.1 Å².